The first kappa shape index (κ1) is 16.6. The molecule has 0 spiro atoms. The summed E-state index contributed by atoms with van der Waals surface area (Å²) in [6.07, 6.45) is -0.0847. The van der Waals surface area contributed by atoms with Crippen LogP contribution in [0.25, 0.3) is 0 Å². The molecule has 0 heterocycles. The van der Waals surface area contributed by atoms with Gasteiger partial charge in [-0.1, -0.05) is 23.9 Å². The van der Waals surface area contributed by atoms with E-state index in [9.17, 15) is 19.5 Å². The van der Waals surface area contributed by atoms with Gasteiger partial charge < -0.3 is 15.3 Å². The second-order valence-corrected chi connectivity index (χ2v) is 5.75. The number of aliphatic carboxylic acids is 1. The lowest BCUT2D eigenvalue weighted by molar-refractivity contribution is -0.136. The third-order valence-electron chi connectivity index (χ3n) is 2.96. The molecule has 0 aliphatic carbocycles. The van der Waals surface area contributed by atoms with Crippen LogP contribution >= 0.6 is 11.8 Å². The largest absolute Gasteiger partial charge is 0.481 e. The maximum absolute atomic E-state index is 11.3. The summed E-state index contributed by atoms with van der Waals surface area (Å²) in [5.74, 6) is -3.33. The minimum Gasteiger partial charge on any atom is -0.481 e. The first-order valence-corrected chi connectivity index (χ1v) is 7.27. The maximum atomic E-state index is 11.3. The molecule has 0 unspecified atom stereocenters. The SMILES string of the molecule is O=C(O)Cc1ccc(Sc2ccc(C(=O)O)cc2C(=O)O)cc1. The van der Waals surface area contributed by atoms with Crippen LogP contribution in [0.1, 0.15) is 26.3 Å². The van der Waals surface area contributed by atoms with E-state index in [-0.39, 0.29) is 17.5 Å². The molecule has 0 bridgehead atoms. The predicted octanol–water partition coefficient (Wildman–Crippen LogP) is 2.86. The summed E-state index contributed by atoms with van der Waals surface area (Å²) >= 11 is 1.17. The Morgan fingerprint density at radius 2 is 1.52 bits per heavy atom. The molecule has 3 N–H and O–H groups in total. The average Bonchev–Trinajstić information content (AvgIpc) is 2.48. The number of carboxylic acid groups (broad SMARTS) is 3. The first-order valence-electron chi connectivity index (χ1n) is 6.46. The fourth-order valence-corrected chi connectivity index (χ4v) is 2.81. The van der Waals surface area contributed by atoms with Gasteiger partial charge in [0, 0.05) is 9.79 Å². The highest BCUT2D eigenvalue weighted by atomic mass is 32.2. The van der Waals surface area contributed by atoms with E-state index in [1.54, 1.807) is 24.3 Å². The number of carbonyl (C=O) groups is 3. The molecule has 0 aromatic heterocycles. The monoisotopic (exact) mass is 332 g/mol. The standard InChI is InChI=1S/C16H12O6S/c17-14(18)7-9-1-4-11(5-2-9)23-13-6-3-10(15(19)20)8-12(13)16(21)22/h1-6,8H,7H2,(H,17,18)(H,19,20)(H,21,22). The van der Waals surface area contributed by atoms with Crippen LogP contribution in [0.4, 0.5) is 0 Å². The van der Waals surface area contributed by atoms with E-state index < -0.39 is 17.9 Å². The van der Waals surface area contributed by atoms with Crippen molar-refractivity contribution in [1.82, 2.24) is 0 Å². The summed E-state index contributed by atoms with van der Waals surface area (Å²) in [6.45, 7) is 0. The minimum absolute atomic E-state index is 0.0847. The van der Waals surface area contributed by atoms with Gasteiger partial charge in [-0.15, -0.1) is 0 Å². The normalized spacial score (nSPS) is 10.3. The Morgan fingerprint density at radius 1 is 0.870 bits per heavy atom. The topological polar surface area (TPSA) is 112 Å². The average molecular weight is 332 g/mol. The molecule has 0 aliphatic heterocycles. The third-order valence-corrected chi connectivity index (χ3v) is 4.05. The van der Waals surface area contributed by atoms with E-state index in [1.165, 1.54) is 23.9 Å². The van der Waals surface area contributed by atoms with Crippen LogP contribution in [0.15, 0.2) is 52.3 Å². The van der Waals surface area contributed by atoms with Crippen LogP contribution in [0.5, 0.6) is 0 Å². The zero-order valence-corrected chi connectivity index (χ0v) is 12.5. The van der Waals surface area contributed by atoms with Gasteiger partial charge in [0.1, 0.15) is 0 Å². The quantitative estimate of drug-likeness (QED) is 0.745. The number of hydrogen-bond acceptors (Lipinski definition) is 4. The zero-order valence-electron chi connectivity index (χ0n) is 11.7. The van der Waals surface area contributed by atoms with Crippen molar-refractivity contribution in [2.75, 3.05) is 0 Å². The Bertz CT molecular complexity index is 767. The maximum Gasteiger partial charge on any atom is 0.336 e. The highest BCUT2D eigenvalue weighted by Crippen LogP contribution is 2.31. The Morgan fingerprint density at radius 3 is 2.04 bits per heavy atom. The van der Waals surface area contributed by atoms with Crippen molar-refractivity contribution in [3.8, 4) is 0 Å². The molecule has 118 valence electrons. The molecule has 2 aromatic rings. The highest BCUT2D eigenvalue weighted by Gasteiger charge is 2.15. The van der Waals surface area contributed by atoms with E-state index in [4.69, 9.17) is 10.2 Å². The van der Waals surface area contributed by atoms with E-state index in [0.29, 0.717) is 10.5 Å². The molecule has 0 saturated heterocycles. The summed E-state index contributed by atoms with van der Waals surface area (Å²) in [6, 6.07) is 10.6. The fourth-order valence-electron chi connectivity index (χ4n) is 1.90. The van der Waals surface area contributed by atoms with Gasteiger partial charge in [-0.25, -0.2) is 9.59 Å². The van der Waals surface area contributed by atoms with Gasteiger partial charge in [-0.3, -0.25) is 4.79 Å². The van der Waals surface area contributed by atoms with Crippen molar-refractivity contribution in [1.29, 1.82) is 0 Å². The molecule has 0 amide bonds. The van der Waals surface area contributed by atoms with Crippen LogP contribution in [0, 0.1) is 0 Å². The van der Waals surface area contributed by atoms with Gasteiger partial charge in [0.05, 0.1) is 17.5 Å². The van der Waals surface area contributed by atoms with Crippen molar-refractivity contribution < 1.29 is 29.7 Å². The lowest BCUT2D eigenvalue weighted by Gasteiger charge is -2.07. The third kappa shape index (κ3) is 4.33. The molecule has 2 rings (SSSR count). The van der Waals surface area contributed by atoms with E-state index >= 15 is 0 Å². The highest BCUT2D eigenvalue weighted by molar-refractivity contribution is 7.99. The molecule has 7 heteroatoms. The first-order chi connectivity index (χ1) is 10.9. The lowest BCUT2D eigenvalue weighted by Crippen LogP contribution is -2.03. The number of benzene rings is 2. The van der Waals surface area contributed by atoms with Gasteiger partial charge in [-0.2, -0.15) is 0 Å². The van der Waals surface area contributed by atoms with Gasteiger partial charge in [0.2, 0.25) is 0 Å². The van der Waals surface area contributed by atoms with Gasteiger partial charge in [0.15, 0.2) is 0 Å². The second kappa shape index (κ2) is 6.97. The zero-order chi connectivity index (χ0) is 17.0. The Labute approximate surface area is 135 Å². The van der Waals surface area contributed by atoms with Crippen LogP contribution in [0.2, 0.25) is 0 Å². The lowest BCUT2D eigenvalue weighted by atomic mass is 10.1. The molecular weight excluding hydrogens is 320 g/mol. The van der Waals surface area contributed by atoms with Crippen LogP contribution in [-0.4, -0.2) is 33.2 Å². The summed E-state index contributed by atoms with van der Waals surface area (Å²) in [5, 5.41) is 26.9. The van der Waals surface area contributed by atoms with Gasteiger partial charge >= 0.3 is 17.9 Å². The Kier molecular flexibility index (Phi) is 5.02. The smallest absolute Gasteiger partial charge is 0.336 e. The van der Waals surface area contributed by atoms with E-state index in [1.807, 2.05) is 0 Å². The van der Waals surface area contributed by atoms with Crippen molar-refractivity contribution in [3.63, 3.8) is 0 Å². The number of aromatic carboxylic acids is 2. The van der Waals surface area contributed by atoms with Crippen molar-refractivity contribution in [3.05, 3.63) is 59.2 Å². The summed E-state index contributed by atoms with van der Waals surface area (Å²) in [5.41, 5.74) is 0.453. The molecule has 0 radical (unpaired) electrons. The van der Waals surface area contributed by atoms with Crippen LogP contribution < -0.4 is 0 Å². The Hall–Kier alpha value is -2.80. The Balaban J connectivity index is 2.27. The van der Waals surface area contributed by atoms with E-state index in [0.717, 1.165) is 11.0 Å². The molecule has 0 atom stereocenters. The molecular formula is C16H12O6S. The molecule has 0 saturated carbocycles. The minimum atomic E-state index is -1.21. The van der Waals surface area contributed by atoms with Crippen LogP contribution in [-0.2, 0) is 11.2 Å². The molecule has 23 heavy (non-hydrogen) atoms. The predicted molar refractivity (Wildman–Crippen MR) is 82.3 cm³/mol. The number of rotatable bonds is 6. The molecule has 0 aliphatic rings. The van der Waals surface area contributed by atoms with Gasteiger partial charge in [-0.05, 0) is 35.9 Å². The second-order valence-electron chi connectivity index (χ2n) is 4.64. The summed E-state index contributed by atoms with van der Waals surface area (Å²) in [4.78, 5) is 34.0. The molecule has 6 nitrogen and oxygen atoms in total. The summed E-state index contributed by atoms with van der Waals surface area (Å²) < 4.78 is 0. The van der Waals surface area contributed by atoms with Gasteiger partial charge in [0.25, 0.3) is 0 Å². The summed E-state index contributed by atoms with van der Waals surface area (Å²) in [7, 11) is 0. The number of carboxylic acids is 3. The molecule has 2 aromatic carbocycles. The number of hydrogen-bond donors (Lipinski definition) is 3. The van der Waals surface area contributed by atoms with E-state index in [2.05, 4.69) is 0 Å². The van der Waals surface area contributed by atoms with Crippen LogP contribution in [0.3, 0.4) is 0 Å². The van der Waals surface area contributed by atoms with Crippen molar-refractivity contribution in [2.45, 2.75) is 16.2 Å². The molecule has 0 fully saturated rings. The van der Waals surface area contributed by atoms with Crippen molar-refractivity contribution in [2.24, 2.45) is 0 Å². The fraction of sp³-hybridized carbons (Fsp3) is 0.0625. The van der Waals surface area contributed by atoms with Crippen molar-refractivity contribution >= 4 is 29.7 Å².